The van der Waals surface area contributed by atoms with E-state index in [1.807, 2.05) is 6.92 Å². The Kier molecular flexibility index (Phi) is 5.53. The van der Waals surface area contributed by atoms with Crippen LogP contribution in [-0.2, 0) is 4.79 Å². The molecule has 0 heterocycles. The highest BCUT2D eigenvalue weighted by molar-refractivity contribution is 5.85. The van der Waals surface area contributed by atoms with Gasteiger partial charge in [0.25, 0.3) is 0 Å². The Bertz CT molecular complexity index is 496. The molecule has 0 amide bonds. The van der Waals surface area contributed by atoms with Crippen molar-refractivity contribution in [2.24, 2.45) is 0 Å². The summed E-state index contributed by atoms with van der Waals surface area (Å²) in [4.78, 5) is 20.8. The summed E-state index contributed by atoms with van der Waals surface area (Å²) in [5.74, 6) is -0.906. The molecule has 0 saturated carbocycles. The molecule has 1 N–H and O–H groups in total. The Morgan fingerprint density at radius 3 is 2.84 bits per heavy atom. The van der Waals surface area contributed by atoms with Crippen molar-refractivity contribution < 1.29 is 19.6 Å². The second-order valence-corrected chi connectivity index (χ2v) is 3.86. The van der Waals surface area contributed by atoms with Gasteiger partial charge < -0.3 is 9.84 Å². The maximum atomic E-state index is 10.9. The van der Waals surface area contributed by atoms with Crippen molar-refractivity contribution >= 4 is 17.7 Å². The van der Waals surface area contributed by atoms with Gasteiger partial charge in [-0.25, -0.2) is 4.79 Å². The van der Waals surface area contributed by atoms with Crippen LogP contribution in [0, 0.1) is 10.1 Å². The molecule has 1 aromatic rings. The van der Waals surface area contributed by atoms with Crippen molar-refractivity contribution in [3.63, 3.8) is 0 Å². The van der Waals surface area contributed by atoms with Gasteiger partial charge in [0.15, 0.2) is 5.75 Å². The standard InChI is InChI=1S/C13H15NO5/c1-2-3-8-19-12-6-4-10(5-7-13(15)16)9-11(12)14(17)18/h4-7,9H,2-3,8H2,1H3,(H,15,16)/b7-5+. The maximum Gasteiger partial charge on any atom is 0.328 e. The summed E-state index contributed by atoms with van der Waals surface area (Å²) in [6.45, 7) is 2.42. The average Bonchev–Trinajstić information content (AvgIpc) is 2.37. The van der Waals surface area contributed by atoms with Gasteiger partial charge in [-0.3, -0.25) is 10.1 Å². The molecule has 0 radical (unpaired) electrons. The monoisotopic (exact) mass is 265 g/mol. The van der Waals surface area contributed by atoms with E-state index in [1.165, 1.54) is 18.2 Å². The quantitative estimate of drug-likeness (QED) is 0.354. The number of benzene rings is 1. The molecular formula is C13H15NO5. The third-order valence-electron chi connectivity index (χ3n) is 2.35. The van der Waals surface area contributed by atoms with E-state index >= 15 is 0 Å². The number of carboxylic acids is 1. The van der Waals surface area contributed by atoms with Gasteiger partial charge in [-0.1, -0.05) is 19.4 Å². The van der Waals surface area contributed by atoms with E-state index in [4.69, 9.17) is 9.84 Å². The summed E-state index contributed by atoms with van der Waals surface area (Å²) >= 11 is 0. The maximum absolute atomic E-state index is 10.9. The Balaban J connectivity index is 2.94. The smallest absolute Gasteiger partial charge is 0.328 e. The van der Waals surface area contributed by atoms with Gasteiger partial charge >= 0.3 is 11.7 Å². The number of nitro groups is 1. The van der Waals surface area contributed by atoms with E-state index in [1.54, 1.807) is 6.07 Å². The summed E-state index contributed by atoms with van der Waals surface area (Å²) in [6, 6.07) is 4.35. The fourth-order valence-electron chi connectivity index (χ4n) is 1.40. The first-order valence-corrected chi connectivity index (χ1v) is 5.87. The van der Waals surface area contributed by atoms with Crippen molar-refractivity contribution in [1.29, 1.82) is 0 Å². The van der Waals surface area contributed by atoms with Crippen molar-refractivity contribution in [3.05, 3.63) is 40.0 Å². The minimum absolute atomic E-state index is 0.163. The van der Waals surface area contributed by atoms with E-state index in [9.17, 15) is 14.9 Å². The van der Waals surface area contributed by atoms with Crippen LogP contribution < -0.4 is 4.74 Å². The molecule has 1 rings (SSSR count). The van der Waals surface area contributed by atoms with Crippen molar-refractivity contribution in [1.82, 2.24) is 0 Å². The van der Waals surface area contributed by atoms with Crippen LogP contribution in [0.5, 0.6) is 5.75 Å². The molecule has 0 aliphatic heterocycles. The van der Waals surface area contributed by atoms with Crippen LogP contribution in [0.1, 0.15) is 25.3 Å². The fourth-order valence-corrected chi connectivity index (χ4v) is 1.40. The number of nitrogens with zero attached hydrogens (tertiary/aromatic N) is 1. The van der Waals surface area contributed by atoms with Crippen LogP contribution in [0.15, 0.2) is 24.3 Å². The SMILES string of the molecule is CCCCOc1ccc(/C=C/C(=O)O)cc1[N+](=O)[O-]. The highest BCUT2D eigenvalue weighted by Gasteiger charge is 2.15. The van der Waals surface area contributed by atoms with Crippen LogP contribution in [0.2, 0.25) is 0 Å². The van der Waals surface area contributed by atoms with Gasteiger partial charge in [-0.15, -0.1) is 0 Å². The van der Waals surface area contributed by atoms with Gasteiger partial charge in [0, 0.05) is 12.1 Å². The van der Waals surface area contributed by atoms with E-state index < -0.39 is 10.9 Å². The molecule has 102 valence electrons. The lowest BCUT2D eigenvalue weighted by Gasteiger charge is -2.06. The number of unbranched alkanes of at least 4 members (excludes halogenated alkanes) is 1. The third kappa shape index (κ3) is 4.79. The topological polar surface area (TPSA) is 89.7 Å². The zero-order valence-electron chi connectivity index (χ0n) is 10.5. The molecule has 0 unspecified atom stereocenters. The minimum Gasteiger partial charge on any atom is -0.487 e. The van der Waals surface area contributed by atoms with E-state index in [-0.39, 0.29) is 11.4 Å². The van der Waals surface area contributed by atoms with Gasteiger partial charge in [0.05, 0.1) is 11.5 Å². The van der Waals surface area contributed by atoms with Crippen molar-refractivity contribution in [3.8, 4) is 5.75 Å². The number of carboxylic acid groups (broad SMARTS) is 1. The lowest BCUT2D eigenvalue weighted by molar-refractivity contribution is -0.385. The van der Waals surface area contributed by atoms with E-state index in [2.05, 4.69) is 0 Å². The molecule has 0 aliphatic rings. The minimum atomic E-state index is -1.11. The van der Waals surface area contributed by atoms with Crippen LogP contribution in [0.4, 0.5) is 5.69 Å². The molecule has 1 aromatic carbocycles. The number of hydrogen-bond acceptors (Lipinski definition) is 4. The summed E-state index contributed by atoms with van der Waals surface area (Å²) in [7, 11) is 0. The van der Waals surface area contributed by atoms with E-state index in [0.717, 1.165) is 18.9 Å². The number of rotatable bonds is 7. The Labute approximate surface area is 110 Å². The molecule has 0 bridgehead atoms. The largest absolute Gasteiger partial charge is 0.487 e. The zero-order valence-corrected chi connectivity index (χ0v) is 10.5. The number of carbonyl (C=O) groups is 1. The predicted octanol–water partition coefficient (Wildman–Crippen LogP) is 2.87. The lowest BCUT2D eigenvalue weighted by atomic mass is 10.1. The summed E-state index contributed by atoms with van der Waals surface area (Å²) in [6.07, 6.45) is 3.98. The number of ether oxygens (including phenoxy) is 1. The van der Waals surface area contributed by atoms with Crippen LogP contribution in [0.25, 0.3) is 6.08 Å². The van der Waals surface area contributed by atoms with Gasteiger partial charge in [-0.05, 0) is 24.1 Å². The van der Waals surface area contributed by atoms with Gasteiger partial charge in [-0.2, -0.15) is 0 Å². The zero-order chi connectivity index (χ0) is 14.3. The molecule has 0 atom stereocenters. The summed E-state index contributed by atoms with van der Waals surface area (Å²) in [5.41, 5.74) is 0.278. The second kappa shape index (κ2) is 7.15. The third-order valence-corrected chi connectivity index (χ3v) is 2.35. The Hall–Kier alpha value is -2.37. The molecule has 0 aliphatic carbocycles. The average molecular weight is 265 g/mol. The highest BCUT2D eigenvalue weighted by atomic mass is 16.6. The Morgan fingerprint density at radius 2 is 2.26 bits per heavy atom. The van der Waals surface area contributed by atoms with Crippen molar-refractivity contribution in [2.75, 3.05) is 6.61 Å². The Morgan fingerprint density at radius 1 is 1.53 bits per heavy atom. The molecule has 6 heteroatoms. The lowest BCUT2D eigenvalue weighted by Crippen LogP contribution is -2.00. The second-order valence-electron chi connectivity index (χ2n) is 3.86. The number of nitro benzene ring substituents is 1. The van der Waals surface area contributed by atoms with Gasteiger partial charge in [0.1, 0.15) is 0 Å². The number of hydrogen-bond donors (Lipinski definition) is 1. The molecule has 0 aromatic heterocycles. The normalized spacial score (nSPS) is 10.6. The van der Waals surface area contributed by atoms with Crippen LogP contribution in [0.3, 0.4) is 0 Å². The van der Waals surface area contributed by atoms with Crippen LogP contribution >= 0.6 is 0 Å². The molecular weight excluding hydrogens is 250 g/mol. The first-order valence-electron chi connectivity index (χ1n) is 5.87. The van der Waals surface area contributed by atoms with Crippen molar-refractivity contribution in [2.45, 2.75) is 19.8 Å². The predicted molar refractivity (Wildman–Crippen MR) is 70.2 cm³/mol. The first-order chi connectivity index (χ1) is 9.04. The molecule has 0 saturated heterocycles. The van der Waals surface area contributed by atoms with Crippen LogP contribution in [-0.4, -0.2) is 22.6 Å². The molecule has 19 heavy (non-hydrogen) atoms. The fraction of sp³-hybridized carbons (Fsp3) is 0.308. The summed E-state index contributed by atoms with van der Waals surface area (Å²) < 4.78 is 5.34. The number of aliphatic carboxylic acids is 1. The van der Waals surface area contributed by atoms with E-state index in [0.29, 0.717) is 12.2 Å². The first kappa shape index (κ1) is 14.7. The highest BCUT2D eigenvalue weighted by Crippen LogP contribution is 2.28. The molecule has 6 nitrogen and oxygen atoms in total. The summed E-state index contributed by atoms with van der Waals surface area (Å²) in [5, 5.41) is 19.4. The molecule has 0 spiro atoms. The molecule has 0 fully saturated rings. The van der Waals surface area contributed by atoms with Gasteiger partial charge in [0.2, 0.25) is 0 Å².